The Labute approximate surface area is 187 Å². The summed E-state index contributed by atoms with van der Waals surface area (Å²) < 4.78 is 1.10. The molecule has 0 aliphatic heterocycles. The van der Waals surface area contributed by atoms with Crippen LogP contribution in [0.4, 0.5) is 5.69 Å². The summed E-state index contributed by atoms with van der Waals surface area (Å²) in [5.41, 5.74) is 1.41. The standard InChI is InChI=1S/C23H30ClN5O2/c1-13-17-9-16(23(17,3)4)10-18(13)28-19-11-26-29(22(31)21(19)24)12-20(30)27-14(2)15-5-7-25-8-6-15/h5-8,11,13-14,16-18,28H,9-10,12H2,1-4H3,(H,27,30)/t13-,14-,16+,17-,18-/m1/s1. The number of aromatic nitrogens is 3. The van der Waals surface area contributed by atoms with Crippen molar-refractivity contribution in [3.05, 3.63) is 51.7 Å². The molecule has 0 saturated heterocycles. The van der Waals surface area contributed by atoms with Gasteiger partial charge in [-0.05, 0) is 60.6 Å². The molecule has 166 valence electrons. The summed E-state index contributed by atoms with van der Waals surface area (Å²) in [6.07, 6.45) is 7.26. The Morgan fingerprint density at radius 1 is 1.32 bits per heavy atom. The quantitative estimate of drug-likeness (QED) is 0.711. The van der Waals surface area contributed by atoms with Gasteiger partial charge in [-0.3, -0.25) is 14.6 Å². The molecule has 7 nitrogen and oxygen atoms in total. The van der Waals surface area contributed by atoms with Gasteiger partial charge in [0.05, 0.1) is 17.9 Å². The first-order chi connectivity index (χ1) is 14.7. The second-order valence-electron chi connectivity index (χ2n) is 9.61. The van der Waals surface area contributed by atoms with Crippen molar-refractivity contribution < 1.29 is 4.79 Å². The van der Waals surface area contributed by atoms with E-state index < -0.39 is 5.56 Å². The van der Waals surface area contributed by atoms with E-state index in [0.717, 1.165) is 16.7 Å². The number of halogens is 1. The van der Waals surface area contributed by atoms with E-state index in [0.29, 0.717) is 28.9 Å². The molecule has 2 aromatic rings. The lowest BCUT2D eigenvalue weighted by Gasteiger charge is -2.62. The largest absolute Gasteiger partial charge is 0.379 e. The van der Waals surface area contributed by atoms with Gasteiger partial charge >= 0.3 is 0 Å². The van der Waals surface area contributed by atoms with E-state index in [1.807, 2.05) is 19.1 Å². The molecule has 3 fully saturated rings. The minimum absolute atomic E-state index is 0.0793. The van der Waals surface area contributed by atoms with Gasteiger partial charge < -0.3 is 10.6 Å². The lowest BCUT2D eigenvalue weighted by Crippen LogP contribution is -2.58. The van der Waals surface area contributed by atoms with Gasteiger partial charge in [-0.2, -0.15) is 5.10 Å². The van der Waals surface area contributed by atoms with Crippen LogP contribution in [0.5, 0.6) is 0 Å². The van der Waals surface area contributed by atoms with E-state index in [-0.39, 0.29) is 29.6 Å². The first-order valence-corrected chi connectivity index (χ1v) is 11.3. The SMILES string of the molecule is C[C@@H]1[C@H]2C[C@@H](C[C@H]1Nc1cnn(CC(=O)N[C@H](C)c3ccncc3)c(=O)c1Cl)C2(C)C. The Morgan fingerprint density at radius 2 is 2.03 bits per heavy atom. The van der Waals surface area contributed by atoms with Crippen LogP contribution in [0, 0.1) is 23.2 Å². The summed E-state index contributed by atoms with van der Waals surface area (Å²) in [5.74, 6) is 1.57. The summed E-state index contributed by atoms with van der Waals surface area (Å²) in [5, 5.41) is 10.6. The van der Waals surface area contributed by atoms with Crippen LogP contribution in [0.15, 0.2) is 35.5 Å². The highest BCUT2D eigenvalue weighted by molar-refractivity contribution is 6.32. The first-order valence-electron chi connectivity index (χ1n) is 10.9. The van der Waals surface area contributed by atoms with Crippen LogP contribution >= 0.6 is 11.6 Å². The molecule has 31 heavy (non-hydrogen) atoms. The Morgan fingerprint density at radius 3 is 2.68 bits per heavy atom. The topological polar surface area (TPSA) is 88.9 Å². The molecule has 0 unspecified atom stereocenters. The van der Waals surface area contributed by atoms with Gasteiger partial charge in [-0.15, -0.1) is 0 Å². The predicted octanol–water partition coefficient (Wildman–Crippen LogP) is 3.65. The van der Waals surface area contributed by atoms with Crippen molar-refractivity contribution in [3.8, 4) is 0 Å². The summed E-state index contributed by atoms with van der Waals surface area (Å²) in [6.45, 7) is 8.67. The maximum atomic E-state index is 12.7. The zero-order chi connectivity index (χ0) is 22.3. The highest BCUT2D eigenvalue weighted by Gasteiger charge is 2.56. The van der Waals surface area contributed by atoms with Gasteiger partial charge in [0, 0.05) is 18.4 Å². The normalized spacial score (nSPS) is 27.1. The van der Waals surface area contributed by atoms with Crippen molar-refractivity contribution in [2.45, 2.75) is 59.2 Å². The summed E-state index contributed by atoms with van der Waals surface area (Å²) in [4.78, 5) is 29.1. The number of hydrogen-bond acceptors (Lipinski definition) is 5. The van der Waals surface area contributed by atoms with Crippen LogP contribution in [0.25, 0.3) is 0 Å². The molecule has 3 aliphatic rings. The van der Waals surface area contributed by atoms with Crippen LogP contribution in [0.1, 0.15) is 52.1 Å². The minimum atomic E-state index is -0.465. The average Bonchev–Trinajstić information content (AvgIpc) is 2.74. The van der Waals surface area contributed by atoms with Crippen molar-refractivity contribution in [2.24, 2.45) is 23.2 Å². The molecular weight excluding hydrogens is 414 g/mol. The molecule has 0 spiro atoms. The lowest BCUT2D eigenvalue weighted by atomic mass is 9.45. The average molecular weight is 444 g/mol. The number of carbonyl (C=O) groups is 1. The van der Waals surface area contributed by atoms with Crippen LogP contribution in [0.2, 0.25) is 5.02 Å². The van der Waals surface area contributed by atoms with Gasteiger partial charge in [0.1, 0.15) is 11.6 Å². The lowest BCUT2D eigenvalue weighted by molar-refractivity contribution is -0.122. The van der Waals surface area contributed by atoms with Gasteiger partial charge in [-0.25, -0.2) is 4.68 Å². The number of hydrogen-bond donors (Lipinski definition) is 2. The molecule has 1 amide bonds. The number of amides is 1. The zero-order valence-corrected chi connectivity index (χ0v) is 19.2. The third-order valence-corrected chi connectivity index (χ3v) is 7.92. The molecule has 3 saturated carbocycles. The Balaban J connectivity index is 1.41. The fourth-order valence-corrected chi connectivity index (χ4v) is 5.58. The van der Waals surface area contributed by atoms with Crippen molar-refractivity contribution in [1.29, 1.82) is 0 Å². The highest BCUT2D eigenvalue weighted by Crippen LogP contribution is 2.61. The van der Waals surface area contributed by atoms with Gasteiger partial charge in [-0.1, -0.05) is 32.4 Å². The fraction of sp³-hybridized carbons (Fsp3) is 0.565. The molecule has 5 atom stereocenters. The third kappa shape index (κ3) is 4.07. The van der Waals surface area contributed by atoms with Crippen molar-refractivity contribution in [1.82, 2.24) is 20.1 Å². The molecular formula is C23H30ClN5O2. The van der Waals surface area contributed by atoms with E-state index in [1.165, 1.54) is 6.42 Å². The summed E-state index contributed by atoms with van der Waals surface area (Å²) in [6, 6.07) is 3.75. The predicted molar refractivity (Wildman–Crippen MR) is 121 cm³/mol. The van der Waals surface area contributed by atoms with E-state index >= 15 is 0 Å². The van der Waals surface area contributed by atoms with E-state index in [4.69, 9.17) is 11.6 Å². The number of nitrogens with zero attached hydrogens (tertiary/aromatic N) is 3. The van der Waals surface area contributed by atoms with Crippen molar-refractivity contribution in [3.63, 3.8) is 0 Å². The molecule has 8 heteroatoms. The van der Waals surface area contributed by atoms with Crippen molar-refractivity contribution in [2.75, 3.05) is 5.32 Å². The number of anilines is 1. The van der Waals surface area contributed by atoms with Crippen LogP contribution in [-0.4, -0.2) is 26.7 Å². The second-order valence-corrected chi connectivity index (χ2v) is 9.99. The maximum absolute atomic E-state index is 12.7. The van der Waals surface area contributed by atoms with Gasteiger partial charge in [0.2, 0.25) is 5.91 Å². The molecule has 0 radical (unpaired) electrons. The molecule has 2 heterocycles. The van der Waals surface area contributed by atoms with Gasteiger partial charge in [0.25, 0.3) is 5.56 Å². The fourth-order valence-electron chi connectivity index (χ4n) is 5.38. The van der Waals surface area contributed by atoms with Crippen LogP contribution in [-0.2, 0) is 11.3 Å². The molecule has 2 aromatic heterocycles. The molecule has 0 aromatic carbocycles. The Bertz CT molecular complexity index is 1020. The van der Waals surface area contributed by atoms with Crippen LogP contribution < -0.4 is 16.2 Å². The van der Waals surface area contributed by atoms with E-state index in [1.54, 1.807) is 18.6 Å². The van der Waals surface area contributed by atoms with E-state index in [2.05, 4.69) is 41.5 Å². The molecule has 3 aliphatic carbocycles. The smallest absolute Gasteiger partial charge is 0.288 e. The minimum Gasteiger partial charge on any atom is -0.379 e. The molecule has 2 N–H and O–H groups in total. The number of pyridine rings is 1. The molecule has 5 rings (SSSR count). The van der Waals surface area contributed by atoms with Crippen LogP contribution in [0.3, 0.4) is 0 Å². The maximum Gasteiger partial charge on any atom is 0.288 e. The molecule has 2 bridgehead atoms. The number of rotatable bonds is 6. The monoisotopic (exact) mass is 443 g/mol. The van der Waals surface area contributed by atoms with Gasteiger partial charge in [0.15, 0.2) is 0 Å². The summed E-state index contributed by atoms with van der Waals surface area (Å²) in [7, 11) is 0. The second kappa shape index (κ2) is 8.26. The Hall–Kier alpha value is -2.41. The summed E-state index contributed by atoms with van der Waals surface area (Å²) >= 11 is 6.38. The zero-order valence-electron chi connectivity index (χ0n) is 18.4. The first kappa shape index (κ1) is 21.8. The van der Waals surface area contributed by atoms with E-state index in [9.17, 15) is 9.59 Å². The number of nitrogens with one attached hydrogen (secondary N) is 2. The number of carbonyl (C=O) groups excluding carboxylic acids is 1. The Kier molecular flexibility index (Phi) is 5.81. The van der Waals surface area contributed by atoms with Crippen molar-refractivity contribution >= 4 is 23.2 Å². The highest BCUT2D eigenvalue weighted by atomic mass is 35.5. The third-order valence-electron chi connectivity index (χ3n) is 7.56. The number of fused-ring (bicyclic) bond motifs is 2.